The van der Waals surface area contributed by atoms with Crippen LogP contribution in [0.5, 0.6) is 0 Å². The van der Waals surface area contributed by atoms with Gasteiger partial charge in [-0.05, 0) is 12.3 Å². The number of hydrogen-bond donors (Lipinski definition) is 2. The van der Waals surface area contributed by atoms with E-state index in [4.69, 9.17) is 0 Å². The average Bonchev–Trinajstić information content (AvgIpc) is 3.05. The van der Waals surface area contributed by atoms with Crippen molar-refractivity contribution in [3.05, 3.63) is 30.5 Å². The number of rotatable bonds is 3. The van der Waals surface area contributed by atoms with Crippen LogP contribution < -0.4 is 10.6 Å². The number of aryl methyl sites for hydroxylation is 2. The summed E-state index contributed by atoms with van der Waals surface area (Å²) < 4.78 is 3.78. The third kappa shape index (κ3) is 2.66. The fourth-order valence-electron chi connectivity index (χ4n) is 2.50. The minimum atomic E-state index is -0.190. The number of nitrogens with one attached hydrogen (secondary N) is 2. The number of imidazole rings is 1. The monoisotopic (exact) mass is 274 g/mol. The molecule has 1 aliphatic rings. The second-order valence-corrected chi connectivity index (χ2v) is 5.08. The van der Waals surface area contributed by atoms with Gasteiger partial charge in [-0.15, -0.1) is 0 Å². The van der Waals surface area contributed by atoms with Crippen LogP contribution in [0.3, 0.4) is 0 Å². The topological polar surface area (TPSA) is 76.8 Å². The van der Waals surface area contributed by atoms with Crippen molar-refractivity contribution >= 4 is 11.8 Å². The summed E-state index contributed by atoms with van der Waals surface area (Å²) in [7, 11) is 1.79. The molecule has 0 radical (unpaired) electrons. The van der Waals surface area contributed by atoms with Crippen molar-refractivity contribution in [3.63, 3.8) is 0 Å². The van der Waals surface area contributed by atoms with Crippen LogP contribution in [0.4, 0.5) is 10.6 Å². The molecule has 20 heavy (non-hydrogen) atoms. The Bertz CT molecular complexity index is 602. The third-order valence-corrected chi connectivity index (χ3v) is 3.65. The molecule has 2 amide bonds. The Balaban J connectivity index is 1.48. The largest absolute Gasteiger partial charge is 0.337 e. The predicted octanol–water partition coefficient (Wildman–Crippen LogP) is 1.00. The minimum absolute atomic E-state index is 0.190. The van der Waals surface area contributed by atoms with Gasteiger partial charge < -0.3 is 9.88 Å². The molecule has 106 valence electrons. The highest BCUT2D eigenvalue weighted by Crippen LogP contribution is 2.17. The van der Waals surface area contributed by atoms with Gasteiger partial charge in [-0.25, -0.2) is 9.78 Å². The zero-order valence-corrected chi connectivity index (χ0v) is 11.4. The molecular formula is C13H18N6O. The smallest absolute Gasteiger partial charge is 0.320 e. The van der Waals surface area contributed by atoms with Gasteiger partial charge in [0.2, 0.25) is 0 Å². The van der Waals surface area contributed by atoms with Crippen molar-refractivity contribution in [2.24, 2.45) is 13.0 Å². The van der Waals surface area contributed by atoms with Gasteiger partial charge in [0.15, 0.2) is 0 Å². The maximum atomic E-state index is 11.8. The van der Waals surface area contributed by atoms with Crippen molar-refractivity contribution in [1.82, 2.24) is 24.6 Å². The number of anilines is 1. The van der Waals surface area contributed by atoms with Crippen LogP contribution >= 0.6 is 0 Å². The van der Waals surface area contributed by atoms with E-state index >= 15 is 0 Å². The Kier molecular flexibility index (Phi) is 3.41. The van der Waals surface area contributed by atoms with Crippen LogP contribution in [0.1, 0.15) is 12.2 Å². The number of fused-ring (bicyclic) bond motifs is 1. The summed E-state index contributed by atoms with van der Waals surface area (Å²) in [6.45, 7) is 1.59. The maximum Gasteiger partial charge on any atom is 0.320 e. The van der Waals surface area contributed by atoms with Gasteiger partial charge in [0.05, 0.1) is 6.20 Å². The van der Waals surface area contributed by atoms with E-state index in [0.29, 0.717) is 18.3 Å². The molecule has 7 heteroatoms. The van der Waals surface area contributed by atoms with Gasteiger partial charge in [0, 0.05) is 45.0 Å². The third-order valence-electron chi connectivity index (χ3n) is 3.65. The number of carbonyl (C=O) groups is 1. The molecule has 0 spiro atoms. The quantitative estimate of drug-likeness (QED) is 0.876. The summed E-state index contributed by atoms with van der Waals surface area (Å²) in [5, 5.41) is 9.69. The Morgan fingerprint density at radius 1 is 1.50 bits per heavy atom. The van der Waals surface area contributed by atoms with Crippen molar-refractivity contribution in [1.29, 1.82) is 0 Å². The zero-order chi connectivity index (χ0) is 13.9. The number of carbonyl (C=O) groups excluding carboxylic acids is 1. The highest BCUT2D eigenvalue weighted by Gasteiger charge is 2.19. The Hall–Kier alpha value is -2.31. The summed E-state index contributed by atoms with van der Waals surface area (Å²) in [4.78, 5) is 16.1. The van der Waals surface area contributed by atoms with Gasteiger partial charge in [-0.1, -0.05) is 0 Å². The highest BCUT2D eigenvalue weighted by molar-refractivity contribution is 5.88. The van der Waals surface area contributed by atoms with Crippen LogP contribution in [0.2, 0.25) is 0 Å². The lowest BCUT2D eigenvalue weighted by Gasteiger charge is -2.23. The summed E-state index contributed by atoms with van der Waals surface area (Å²) in [6, 6.07) is 1.57. The molecule has 3 heterocycles. The van der Waals surface area contributed by atoms with Crippen LogP contribution in [0.15, 0.2) is 24.7 Å². The van der Waals surface area contributed by atoms with Gasteiger partial charge >= 0.3 is 6.03 Å². The summed E-state index contributed by atoms with van der Waals surface area (Å²) in [5.74, 6) is 2.28. The van der Waals surface area contributed by atoms with E-state index in [1.54, 1.807) is 24.0 Å². The number of urea groups is 1. The van der Waals surface area contributed by atoms with E-state index in [1.807, 2.05) is 12.4 Å². The van der Waals surface area contributed by atoms with Gasteiger partial charge in [0.25, 0.3) is 0 Å². The van der Waals surface area contributed by atoms with E-state index in [1.165, 1.54) is 0 Å². The first-order valence-electron chi connectivity index (χ1n) is 6.75. The van der Waals surface area contributed by atoms with E-state index < -0.39 is 0 Å². The molecule has 7 nitrogen and oxygen atoms in total. The van der Waals surface area contributed by atoms with Crippen LogP contribution in [0.25, 0.3) is 0 Å². The molecule has 0 unspecified atom stereocenters. The van der Waals surface area contributed by atoms with Crippen LogP contribution in [0, 0.1) is 5.92 Å². The lowest BCUT2D eigenvalue weighted by molar-refractivity contribution is 0.247. The fourth-order valence-corrected chi connectivity index (χ4v) is 2.50. The molecule has 2 aromatic heterocycles. The molecule has 1 atom stereocenters. The molecule has 0 saturated carbocycles. The summed E-state index contributed by atoms with van der Waals surface area (Å²) >= 11 is 0. The summed E-state index contributed by atoms with van der Waals surface area (Å²) in [5.41, 5.74) is 0. The Morgan fingerprint density at radius 3 is 3.20 bits per heavy atom. The number of hydrogen-bond acceptors (Lipinski definition) is 3. The first-order chi connectivity index (χ1) is 9.72. The molecule has 0 aromatic carbocycles. The van der Waals surface area contributed by atoms with E-state index in [0.717, 1.165) is 25.2 Å². The molecule has 3 rings (SSSR count). The van der Waals surface area contributed by atoms with Gasteiger partial charge in [-0.2, -0.15) is 5.10 Å². The first kappa shape index (κ1) is 12.7. The predicted molar refractivity (Wildman–Crippen MR) is 74.3 cm³/mol. The maximum absolute atomic E-state index is 11.8. The normalized spacial score (nSPS) is 17.6. The Labute approximate surface area is 117 Å². The SMILES string of the molecule is Cn1nccc1NC(=O)NC[C@@H]1CCc2nccn2C1. The fraction of sp³-hybridized carbons (Fsp3) is 0.462. The van der Waals surface area contributed by atoms with Crippen molar-refractivity contribution in [2.75, 3.05) is 11.9 Å². The molecule has 0 saturated heterocycles. The van der Waals surface area contributed by atoms with Gasteiger partial charge in [0.1, 0.15) is 11.6 Å². The molecule has 0 bridgehead atoms. The van der Waals surface area contributed by atoms with E-state index in [-0.39, 0.29) is 6.03 Å². The van der Waals surface area contributed by atoms with E-state index in [9.17, 15) is 4.79 Å². The number of nitrogens with zero attached hydrogens (tertiary/aromatic N) is 4. The molecule has 0 fully saturated rings. The number of amides is 2. The Morgan fingerprint density at radius 2 is 2.40 bits per heavy atom. The lowest BCUT2D eigenvalue weighted by atomic mass is 9.99. The van der Waals surface area contributed by atoms with Crippen molar-refractivity contribution in [3.8, 4) is 0 Å². The average molecular weight is 274 g/mol. The minimum Gasteiger partial charge on any atom is -0.337 e. The zero-order valence-electron chi connectivity index (χ0n) is 11.4. The van der Waals surface area contributed by atoms with Crippen LogP contribution in [-0.4, -0.2) is 31.9 Å². The second kappa shape index (κ2) is 5.36. The van der Waals surface area contributed by atoms with Crippen molar-refractivity contribution < 1.29 is 4.79 Å². The summed E-state index contributed by atoms with van der Waals surface area (Å²) in [6.07, 6.45) is 7.51. The first-order valence-corrected chi connectivity index (χ1v) is 6.75. The highest BCUT2D eigenvalue weighted by atomic mass is 16.2. The van der Waals surface area contributed by atoms with Gasteiger partial charge in [-0.3, -0.25) is 10.00 Å². The second-order valence-electron chi connectivity index (χ2n) is 5.08. The molecule has 1 aliphatic heterocycles. The molecular weight excluding hydrogens is 256 g/mol. The lowest BCUT2D eigenvalue weighted by Crippen LogP contribution is -2.36. The van der Waals surface area contributed by atoms with E-state index in [2.05, 4.69) is 25.3 Å². The van der Waals surface area contributed by atoms with Crippen molar-refractivity contribution in [2.45, 2.75) is 19.4 Å². The molecule has 2 N–H and O–H groups in total. The standard InChI is InChI=1S/C13H18N6O/c1-18-12(4-5-16-18)17-13(20)15-8-10-2-3-11-14-6-7-19(11)9-10/h4-7,10H,2-3,8-9H2,1H3,(H2,15,17,20)/t10-/m0/s1. The molecule has 2 aromatic rings. The number of aromatic nitrogens is 4. The van der Waals surface area contributed by atoms with Crippen LogP contribution in [-0.2, 0) is 20.0 Å². The molecule has 0 aliphatic carbocycles.